The van der Waals surface area contributed by atoms with Crippen LogP contribution in [0.5, 0.6) is 0 Å². The van der Waals surface area contributed by atoms with E-state index >= 15 is 0 Å². The first-order valence-corrected chi connectivity index (χ1v) is 11.2. The molecule has 1 aromatic carbocycles. The Morgan fingerprint density at radius 2 is 1.79 bits per heavy atom. The smallest absolute Gasteiger partial charge is 0.408 e. The maximum absolute atomic E-state index is 13.2. The Morgan fingerprint density at radius 3 is 2.36 bits per heavy atom. The summed E-state index contributed by atoms with van der Waals surface area (Å²) in [5, 5.41) is 5.20. The van der Waals surface area contributed by atoms with Gasteiger partial charge in [-0.25, -0.2) is 4.79 Å². The van der Waals surface area contributed by atoms with Crippen molar-refractivity contribution in [2.75, 3.05) is 26.2 Å². The highest BCUT2D eigenvalue weighted by atomic mass is 16.6. The SMILES string of the molecule is CCCN(C(=O)CNC(=O)OC(C)(C)C)C(C(=O)NCCC(=O)OCC)c1cccc(C)c1. The zero-order chi connectivity index (χ0) is 25.0. The molecule has 0 aromatic heterocycles. The fraction of sp³-hybridized carbons (Fsp3) is 0.583. The van der Waals surface area contributed by atoms with Crippen molar-refractivity contribution in [3.05, 3.63) is 35.4 Å². The molecular weight excluding hydrogens is 426 g/mol. The number of carbonyl (C=O) groups is 4. The van der Waals surface area contributed by atoms with Crippen LogP contribution in [-0.4, -0.2) is 60.6 Å². The van der Waals surface area contributed by atoms with Gasteiger partial charge in [0.05, 0.1) is 13.0 Å². The Morgan fingerprint density at radius 1 is 1.09 bits per heavy atom. The molecule has 0 saturated carbocycles. The van der Waals surface area contributed by atoms with Crippen molar-refractivity contribution < 1.29 is 28.7 Å². The number of hydrogen-bond donors (Lipinski definition) is 2. The van der Waals surface area contributed by atoms with Gasteiger partial charge in [-0.1, -0.05) is 36.8 Å². The highest BCUT2D eigenvalue weighted by Gasteiger charge is 2.31. The van der Waals surface area contributed by atoms with Crippen LogP contribution in [0.1, 0.15) is 64.6 Å². The van der Waals surface area contributed by atoms with E-state index in [1.165, 1.54) is 4.90 Å². The van der Waals surface area contributed by atoms with E-state index in [2.05, 4.69) is 10.6 Å². The third kappa shape index (κ3) is 10.4. The molecule has 9 nitrogen and oxygen atoms in total. The first-order chi connectivity index (χ1) is 15.5. The van der Waals surface area contributed by atoms with Gasteiger partial charge in [0, 0.05) is 13.1 Å². The molecule has 0 aliphatic heterocycles. The number of alkyl carbamates (subject to hydrolysis) is 1. The Balaban J connectivity index is 3.05. The van der Waals surface area contributed by atoms with Crippen LogP contribution < -0.4 is 10.6 Å². The molecule has 9 heteroatoms. The van der Waals surface area contributed by atoms with Crippen molar-refractivity contribution in [3.8, 4) is 0 Å². The topological polar surface area (TPSA) is 114 Å². The highest BCUT2D eigenvalue weighted by molar-refractivity contribution is 5.90. The van der Waals surface area contributed by atoms with Crippen molar-refractivity contribution in [2.45, 2.75) is 66.0 Å². The van der Waals surface area contributed by atoms with Gasteiger partial charge in [0.1, 0.15) is 18.2 Å². The summed E-state index contributed by atoms with van der Waals surface area (Å²) in [6.07, 6.45) is -0.0724. The van der Waals surface area contributed by atoms with Gasteiger partial charge in [-0.3, -0.25) is 14.4 Å². The van der Waals surface area contributed by atoms with Crippen molar-refractivity contribution in [2.24, 2.45) is 0 Å². The predicted octanol–water partition coefficient (Wildman–Crippen LogP) is 2.87. The molecular formula is C24H37N3O6. The third-order valence-corrected chi connectivity index (χ3v) is 4.42. The number of aryl methyl sites for hydroxylation is 1. The molecule has 3 amide bonds. The third-order valence-electron chi connectivity index (χ3n) is 4.42. The molecule has 1 atom stereocenters. The van der Waals surface area contributed by atoms with Gasteiger partial charge in [0.15, 0.2) is 0 Å². The quantitative estimate of drug-likeness (QED) is 0.488. The fourth-order valence-corrected chi connectivity index (χ4v) is 3.13. The molecule has 1 aromatic rings. The first kappa shape index (κ1) is 27.9. The van der Waals surface area contributed by atoms with E-state index in [0.29, 0.717) is 18.5 Å². The summed E-state index contributed by atoms with van der Waals surface area (Å²) in [6, 6.07) is 6.42. The van der Waals surface area contributed by atoms with Crippen molar-refractivity contribution >= 4 is 23.9 Å². The van der Waals surface area contributed by atoms with E-state index in [4.69, 9.17) is 9.47 Å². The molecule has 0 bridgehead atoms. The zero-order valence-electron chi connectivity index (χ0n) is 20.5. The average Bonchev–Trinajstić information content (AvgIpc) is 2.70. The summed E-state index contributed by atoms with van der Waals surface area (Å²) in [5.74, 6) is -1.24. The second-order valence-corrected chi connectivity index (χ2v) is 8.61. The molecule has 1 unspecified atom stereocenters. The number of nitrogens with zero attached hydrogens (tertiary/aromatic N) is 1. The second-order valence-electron chi connectivity index (χ2n) is 8.61. The zero-order valence-corrected chi connectivity index (χ0v) is 20.5. The lowest BCUT2D eigenvalue weighted by Crippen LogP contribution is -2.48. The number of ether oxygens (including phenoxy) is 2. The van der Waals surface area contributed by atoms with Gasteiger partial charge in [0.2, 0.25) is 11.8 Å². The lowest BCUT2D eigenvalue weighted by Gasteiger charge is -2.31. The van der Waals surface area contributed by atoms with Crippen molar-refractivity contribution in [3.63, 3.8) is 0 Å². The maximum atomic E-state index is 13.2. The lowest BCUT2D eigenvalue weighted by molar-refractivity contribution is -0.143. The molecule has 0 aliphatic carbocycles. The predicted molar refractivity (Wildman–Crippen MR) is 124 cm³/mol. The average molecular weight is 464 g/mol. The van der Waals surface area contributed by atoms with E-state index in [9.17, 15) is 19.2 Å². The summed E-state index contributed by atoms with van der Waals surface area (Å²) in [4.78, 5) is 51.3. The molecule has 0 fully saturated rings. The number of nitrogens with one attached hydrogen (secondary N) is 2. The molecule has 33 heavy (non-hydrogen) atoms. The molecule has 0 radical (unpaired) electrons. The Bertz CT molecular complexity index is 819. The van der Waals surface area contributed by atoms with Crippen LogP contribution in [-0.2, 0) is 23.9 Å². The molecule has 0 saturated heterocycles. The standard InChI is InChI=1S/C24H37N3O6/c1-7-14-27(19(28)16-26-23(31)33-24(4,5)6)21(18-11-9-10-17(3)15-18)22(30)25-13-12-20(29)32-8-2/h9-11,15,21H,7-8,12-14,16H2,1-6H3,(H,25,30)(H,26,31). The second kappa shape index (κ2) is 13.4. The van der Waals surface area contributed by atoms with Crippen LogP contribution in [0.4, 0.5) is 4.79 Å². The Kier molecular flexibility index (Phi) is 11.4. The Hall–Kier alpha value is -3.10. The van der Waals surface area contributed by atoms with Gasteiger partial charge in [-0.15, -0.1) is 0 Å². The fourth-order valence-electron chi connectivity index (χ4n) is 3.13. The van der Waals surface area contributed by atoms with Crippen LogP contribution in [0.3, 0.4) is 0 Å². The van der Waals surface area contributed by atoms with E-state index in [0.717, 1.165) is 5.56 Å². The monoisotopic (exact) mass is 463 g/mol. The molecule has 0 spiro atoms. The summed E-state index contributed by atoms with van der Waals surface area (Å²) in [7, 11) is 0. The first-order valence-electron chi connectivity index (χ1n) is 11.2. The van der Waals surface area contributed by atoms with Gasteiger partial charge >= 0.3 is 12.1 Å². The minimum Gasteiger partial charge on any atom is -0.466 e. The number of carbonyl (C=O) groups excluding carboxylic acids is 4. The van der Waals surface area contributed by atoms with Gasteiger partial charge in [-0.05, 0) is 46.6 Å². The minimum absolute atomic E-state index is 0.0298. The summed E-state index contributed by atoms with van der Waals surface area (Å²) < 4.78 is 10.1. The lowest BCUT2D eigenvalue weighted by atomic mass is 10.0. The summed E-state index contributed by atoms with van der Waals surface area (Å²) in [6.45, 7) is 11.0. The van der Waals surface area contributed by atoms with Gasteiger partial charge in [0.25, 0.3) is 0 Å². The van der Waals surface area contributed by atoms with Crippen LogP contribution in [0, 0.1) is 6.92 Å². The van der Waals surface area contributed by atoms with Crippen molar-refractivity contribution in [1.29, 1.82) is 0 Å². The van der Waals surface area contributed by atoms with Gasteiger partial charge < -0.3 is 25.0 Å². The minimum atomic E-state index is -0.917. The van der Waals surface area contributed by atoms with Crippen LogP contribution >= 0.6 is 0 Å². The molecule has 184 valence electrons. The van der Waals surface area contributed by atoms with E-state index in [-0.39, 0.29) is 26.1 Å². The molecule has 2 N–H and O–H groups in total. The summed E-state index contributed by atoms with van der Waals surface area (Å²) >= 11 is 0. The highest BCUT2D eigenvalue weighted by Crippen LogP contribution is 2.23. The van der Waals surface area contributed by atoms with Crippen LogP contribution in [0.2, 0.25) is 0 Å². The van der Waals surface area contributed by atoms with E-state index in [1.807, 2.05) is 32.0 Å². The van der Waals surface area contributed by atoms with E-state index < -0.39 is 35.5 Å². The largest absolute Gasteiger partial charge is 0.466 e. The van der Waals surface area contributed by atoms with Gasteiger partial charge in [-0.2, -0.15) is 0 Å². The number of esters is 1. The molecule has 1 rings (SSSR count). The molecule has 0 heterocycles. The number of amides is 3. The summed E-state index contributed by atoms with van der Waals surface area (Å²) in [5.41, 5.74) is 0.884. The number of benzene rings is 1. The Labute approximate surface area is 196 Å². The van der Waals surface area contributed by atoms with Crippen LogP contribution in [0.15, 0.2) is 24.3 Å². The number of rotatable bonds is 11. The van der Waals surface area contributed by atoms with Crippen molar-refractivity contribution in [1.82, 2.24) is 15.5 Å². The molecule has 0 aliphatic rings. The maximum Gasteiger partial charge on any atom is 0.408 e. The normalized spacial score (nSPS) is 11.8. The number of hydrogen-bond acceptors (Lipinski definition) is 6. The van der Waals surface area contributed by atoms with E-state index in [1.54, 1.807) is 33.8 Å². The van der Waals surface area contributed by atoms with Crippen LogP contribution in [0.25, 0.3) is 0 Å².